The van der Waals surface area contributed by atoms with Crippen molar-refractivity contribution in [3.63, 3.8) is 0 Å². The number of hydrogen-bond donors (Lipinski definition) is 1. The maximum absolute atomic E-state index is 10.0. The van der Waals surface area contributed by atoms with Gasteiger partial charge in [-0.3, -0.25) is 4.79 Å². The second kappa shape index (κ2) is 8.82. The molecule has 64 valence electrons. The Kier molecular flexibility index (Phi) is 11.4. The third-order valence-corrected chi connectivity index (χ3v) is 1.42. The van der Waals surface area contributed by atoms with E-state index in [0.29, 0.717) is 12.3 Å². The first-order valence-corrected chi connectivity index (χ1v) is 3.84. The van der Waals surface area contributed by atoms with Gasteiger partial charge in [-0.05, 0) is 12.3 Å². The molecule has 0 radical (unpaired) electrons. The fourth-order valence-corrected chi connectivity index (χ4v) is 0.829. The van der Waals surface area contributed by atoms with Crippen molar-refractivity contribution >= 4 is 43.7 Å². The van der Waals surface area contributed by atoms with E-state index in [4.69, 9.17) is 5.11 Å². The summed E-state index contributed by atoms with van der Waals surface area (Å²) in [5.74, 6) is 0.0255. The first kappa shape index (κ1) is 14.3. The van der Waals surface area contributed by atoms with Crippen LogP contribution >= 0.6 is 0 Å². The Hall–Kier alpha value is 0.730. The van der Waals surface area contributed by atoms with Gasteiger partial charge >= 0.3 is 43.7 Å². The van der Waals surface area contributed by atoms with Crippen LogP contribution in [0.25, 0.3) is 0 Å². The Morgan fingerprint density at radius 3 is 2.27 bits per heavy atom. The van der Waals surface area contributed by atoms with Gasteiger partial charge in [-0.15, -0.1) is 0 Å². The van der Waals surface area contributed by atoms with Crippen molar-refractivity contribution in [2.24, 2.45) is 5.92 Å². The molecule has 0 aliphatic heterocycles. The van der Waals surface area contributed by atoms with E-state index in [0.717, 1.165) is 19.3 Å². The van der Waals surface area contributed by atoms with Crippen LogP contribution in [0.4, 0.5) is 0 Å². The number of rotatable bonds is 5. The molecule has 2 nitrogen and oxygen atoms in total. The number of unbranched alkanes of at least 4 members (excludes halogenated alkanes) is 1. The summed E-state index contributed by atoms with van der Waals surface area (Å²) in [6, 6.07) is 0. The molecule has 0 saturated carbocycles. The standard InChI is InChI=1S/C8H16O2.Ca.2H/c1-7(2)5-3-4-6-8(9)10;;;/h7H,3-6H2,1-2H3,(H,9,10);;;. The number of aliphatic carboxylic acids is 1. The summed E-state index contributed by atoms with van der Waals surface area (Å²) in [6.45, 7) is 4.31. The molecule has 0 aromatic carbocycles. The predicted molar refractivity (Wildman–Crippen MR) is 49.5 cm³/mol. The maximum atomic E-state index is 10.0. The average Bonchev–Trinajstić information content (AvgIpc) is 1.79. The van der Waals surface area contributed by atoms with Gasteiger partial charge < -0.3 is 5.11 Å². The molecule has 0 saturated heterocycles. The summed E-state index contributed by atoms with van der Waals surface area (Å²) < 4.78 is 0. The minimum absolute atomic E-state index is 0. The summed E-state index contributed by atoms with van der Waals surface area (Å²) >= 11 is 0. The van der Waals surface area contributed by atoms with Crippen LogP contribution in [0.1, 0.15) is 39.5 Å². The Morgan fingerprint density at radius 2 is 1.91 bits per heavy atom. The van der Waals surface area contributed by atoms with Crippen molar-refractivity contribution in [1.82, 2.24) is 0 Å². The van der Waals surface area contributed by atoms with Crippen molar-refractivity contribution in [3.05, 3.63) is 0 Å². The van der Waals surface area contributed by atoms with Crippen molar-refractivity contribution < 1.29 is 9.90 Å². The molecule has 0 fully saturated rings. The van der Waals surface area contributed by atoms with Gasteiger partial charge in [0.25, 0.3) is 0 Å². The van der Waals surface area contributed by atoms with Gasteiger partial charge in [0, 0.05) is 6.42 Å². The van der Waals surface area contributed by atoms with Gasteiger partial charge in [-0.2, -0.15) is 0 Å². The monoisotopic (exact) mass is 186 g/mol. The Bertz CT molecular complexity index is 102. The van der Waals surface area contributed by atoms with Crippen LogP contribution in [-0.2, 0) is 4.79 Å². The van der Waals surface area contributed by atoms with Crippen LogP contribution in [0.2, 0.25) is 0 Å². The minimum atomic E-state index is -0.677. The van der Waals surface area contributed by atoms with Gasteiger partial charge in [0.05, 0.1) is 0 Å². The first-order chi connectivity index (χ1) is 4.63. The topological polar surface area (TPSA) is 37.3 Å². The van der Waals surface area contributed by atoms with Crippen LogP contribution in [0.15, 0.2) is 0 Å². The van der Waals surface area contributed by atoms with Crippen molar-refractivity contribution in [3.8, 4) is 0 Å². The van der Waals surface area contributed by atoms with Gasteiger partial charge in [-0.1, -0.05) is 26.7 Å². The van der Waals surface area contributed by atoms with E-state index in [1.54, 1.807) is 0 Å². The van der Waals surface area contributed by atoms with Crippen LogP contribution < -0.4 is 0 Å². The van der Waals surface area contributed by atoms with E-state index < -0.39 is 5.97 Å². The molecule has 0 aromatic rings. The second-order valence-corrected chi connectivity index (χ2v) is 3.03. The van der Waals surface area contributed by atoms with Crippen LogP contribution in [0, 0.1) is 5.92 Å². The third-order valence-electron chi connectivity index (χ3n) is 1.42. The van der Waals surface area contributed by atoms with E-state index in [1.807, 2.05) is 0 Å². The second-order valence-electron chi connectivity index (χ2n) is 3.03. The zero-order chi connectivity index (χ0) is 7.98. The summed E-state index contributed by atoms with van der Waals surface area (Å²) in [5, 5.41) is 8.28. The van der Waals surface area contributed by atoms with E-state index >= 15 is 0 Å². The van der Waals surface area contributed by atoms with E-state index in [-0.39, 0.29) is 37.7 Å². The van der Waals surface area contributed by atoms with Gasteiger partial charge in [0.1, 0.15) is 0 Å². The van der Waals surface area contributed by atoms with Crippen molar-refractivity contribution in [2.75, 3.05) is 0 Å². The molecule has 0 atom stereocenters. The Morgan fingerprint density at radius 1 is 1.36 bits per heavy atom. The summed E-state index contributed by atoms with van der Waals surface area (Å²) in [7, 11) is 0. The molecule has 0 spiro atoms. The van der Waals surface area contributed by atoms with Crippen LogP contribution in [0.3, 0.4) is 0 Å². The van der Waals surface area contributed by atoms with Crippen LogP contribution in [0.5, 0.6) is 0 Å². The summed E-state index contributed by atoms with van der Waals surface area (Å²) in [4.78, 5) is 10.0. The van der Waals surface area contributed by atoms with Crippen molar-refractivity contribution in [2.45, 2.75) is 39.5 Å². The quantitative estimate of drug-likeness (QED) is 0.520. The molecule has 0 unspecified atom stereocenters. The zero-order valence-corrected chi connectivity index (χ0v) is 6.76. The Balaban J connectivity index is 0. The zero-order valence-electron chi connectivity index (χ0n) is 6.76. The Labute approximate surface area is 98.4 Å². The van der Waals surface area contributed by atoms with Crippen LogP contribution in [-0.4, -0.2) is 48.8 Å². The molecule has 1 N–H and O–H groups in total. The molecule has 0 aromatic heterocycles. The molecule has 11 heavy (non-hydrogen) atoms. The number of carboxylic acid groups (broad SMARTS) is 1. The molecule has 0 aliphatic rings. The van der Waals surface area contributed by atoms with Gasteiger partial charge in [-0.25, -0.2) is 0 Å². The molecular formula is C8H18CaO2. The average molecular weight is 186 g/mol. The number of hydrogen-bond acceptors (Lipinski definition) is 1. The van der Waals surface area contributed by atoms with E-state index in [9.17, 15) is 4.79 Å². The normalized spacial score (nSPS) is 9.36. The fraction of sp³-hybridized carbons (Fsp3) is 0.875. The molecular weight excluding hydrogens is 168 g/mol. The summed E-state index contributed by atoms with van der Waals surface area (Å²) in [5.41, 5.74) is 0. The third kappa shape index (κ3) is 13.7. The molecule has 0 aliphatic carbocycles. The summed E-state index contributed by atoms with van der Waals surface area (Å²) in [6.07, 6.45) is 3.34. The molecule has 3 heteroatoms. The van der Waals surface area contributed by atoms with Gasteiger partial charge in [0.15, 0.2) is 0 Å². The molecule has 0 heterocycles. The van der Waals surface area contributed by atoms with E-state index in [2.05, 4.69) is 13.8 Å². The van der Waals surface area contributed by atoms with Gasteiger partial charge in [0.2, 0.25) is 0 Å². The van der Waals surface area contributed by atoms with Crippen molar-refractivity contribution in [1.29, 1.82) is 0 Å². The fourth-order valence-electron chi connectivity index (χ4n) is 0.829. The SMILES string of the molecule is CC(C)CCCCC(=O)O.[CaH2]. The molecule has 0 rings (SSSR count). The molecule has 0 amide bonds. The first-order valence-electron chi connectivity index (χ1n) is 3.84. The predicted octanol–water partition coefficient (Wildman–Crippen LogP) is 1.37. The molecule has 0 bridgehead atoms. The number of carbonyl (C=O) groups is 1. The number of carboxylic acids is 1. The van der Waals surface area contributed by atoms with E-state index in [1.165, 1.54) is 0 Å².